The largest absolute Gasteiger partial charge is 0.485 e. The van der Waals surface area contributed by atoms with Gasteiger partial charge in [-0.1, -0.05) is 31.2 Å². The lowest BCUT2D eigenvalue weighted by Gasteiger charge is -2.38. The van der Waals surface area contributed by atoms with Crippen molar-refractivity contribution in [1.82, 2.24) is 9.80 Å². The number of hydrogen-bond acceptors (Lipinski definition) is 7. The predicted octanol–water partition coefficient (Wildman–Crippen LogP) is 4.44. The molecule has 0 saturated carbocycles. The molecule has 43 heavy (non-hydrogen) atoms. The molecule has 5 amide bonds. The first-order valence-corrected chi connectivity index (χ1v) is 14.0. The third-order valence-electron chi connectivity index (χ3n) is 7.40. The number of urea groups is 2. The molecule has 0 fully saturated rings. The molecule has 0 bridgehead atoms. The van der Waals surface area contributed by atoms with Gasteiger partial charge in [-0.3, -0.25) is 4.79 Å². The number of anilines is 3. The van der Waals surface area contributed by atoms with Gasteiger partial charge in [0.15, 0.2) is 17.2 Å². The maximum absolute atomic E-state index is 13.7. The molecule has 0 aliphatic carbocycles. The van der Waals surface area contributed by atoms with Crippen LogP contribution in [0.5, 0.6) is 17.2 Å². The lowest BCUT2D eigenvalue weighted by atomic mass is 9.99. The normalized spacial score (nSPS) is 18.0. The van der Waals surface area contributed by atoms with Crippen molar-refractivity contribution >= 4 is 35.0 Å². The molecule has 0 spiro atoms. The average Bonchev–Trinajstić information content (AvgIpc) is 3.47. The Balaban J connectivity index is 1.40. The lowest BCUT2D eigenvalue weighted by molar-refractivity contribution is 0.0373. The number of amides is 5. The Kier molecular flexibility index (Phi) is 8.86. The number of benzene rings is 3. The Morgan fingerprint density at radius 2 is 1.77 bits per heavy atom. The van der Waals surface area contributed by atoms with E-state index in [0.29, 0.717) is 29.4 Å². The zero-order valence-electron chi connectivity index (χ0n) is 24.2. The van der Waals surface area contributed by atoms with E-state index in [2.05, 4.69) is 16.0 Å². The van der Waals surface area contributed by atoms with Crippen molar-refractivity contribution in [3.05, 3.63) is 72.3 Å². The van der Waals surface area contributed by atoms with E-state index in [0.717, 1.165) is 0 Å². The van der Waals surface area contributed by atoms with Crippen LogP contribution in [-0.4, -0.2) is 78.6 Å². The quantitative estimate of drug-likeness (QED) is 0.319. The van der Waals surface area contributed by atoms with Crippen molar-refractivity contribution in [2.45, 2.75) is 26.0 Å². The van der Waals surface area contributed by atoms with Gasteiger partial charge in [0.25, 0.3) is 5.91 Å². The SMILES string of the molecule is C[C@@H]1CN([C@H](C)CO)C(=O)c2cccc(NC(=O)Nc3ccc4c(c3)OCO4)c2O[C@@H]1CN(C)C(=O)Nc1ccccc1. The number of para-hydroxylation sites is 2. The van der Waals surface area contributed by atoms with Crippen LogP contribution in [-0.2, 0) is 0 Å². The van der Waals surface area contributed by atoms with Crippen LogP contribution in [0.1, 0.15) is 24.2 Å². The molecule has 12 nitrogen and oxygen atoms in total. The fraction of sp³-hybridized carbons (Fsp3) is 0.323. The van der Waals surface area contributed by atoms with Crippen LogP contribution < -0.4 is 30.2 Å². The van der Waals surface area contributed by atoms with Crippen LogP contribution >= 0.6 is 0 Å². The van der Waals surface area contributed by atoms with Crippen LogP contribution in [0.3, 0.4) is 0 Å². The zero-order chi connectivity index (χ0) is 30.5. The van der Waals surface area contributed by atoms with E-state index in [1.54, 1.807) is 67.4 Å². The predicted molar refractivity (Wildman–Crippen MR) is 161 cm³/mol. The van der Waals surface area contributed by atoms with Crippen molar-refractivity contribution in [3.63, 3.8) is 0 Å². The number of aliphatic hydroxyl groups excluding tert-OH is 1. The van der Waals surface area contributed by atoms with Gasteiger partial charge in [0.1, 0.15) is 6.10 Å². The molecule has 4 N–H and O–H groups in total. The van der Waals surface area contributed by atoms with E-state index in [1.807, 2.05) is 25.1 Å². The van der Waals surface area contributed by atoms with Gasteiger partial charge < -0.3 is 45.1 Å². The van der Waals surface area contributed by atoms with Gasteiger partial charge in [-0.15, -0.1) is 0 Å². The van der Waals surface area contributed by atoms with E-state index in [1.165, 1.54) is 4.90 Å². The number of nitrogens with one attached hydrogen (secondary N) is 3. The standard InChI is InChI=1S/C31H35N5O7/c1-19-15-36(20(2)17-37)29(38)23-10-7-11-24(34-30(39)32-22-12-13-25-26(14-22)42-18-41-25)28(23)43-27(19)16-35(3)31(40)33-21-8-5-4-6-9-21/h4-14,19-20,27,37H,15-18H2,1-3H3,(H,33,40)(H2,32,34,39)/t19-,20-,27-/m1/s1. The molecule has 12 heteroatoms. The van der Waals surface area contributed by atoms with Crippen LogP contribution in [0.4, 0.5) is 26.7 Å². The molecule has 0 aromatic heterocycles. The van der Waals surface area contributed by atoms with E-state index in [-0.39, 0.29) is 54.8 Å². The minimum Gasteiger partial charge on any atom is -0.485 e. The summed E-state index contributed by atoms with van der Waals surface area (Å²) in [5.74, 6) is 0.709. The Morgan fingerprint density at radius 3 is 2.53 bits per heavy atom. The summed E-state index contributed by atoms with van der Waals surface area (Å²) in [5, 5.41) is 18.4. The fourth-order valence-electron chi connectivity index (χ4n) is 4.91. The number of aliphatic hydroxyl groups is 1. The maximum Gasteiger partial charge on any atom is 0.323 e. The first kappa shape index (κ1) is 29.5. The van der Waals surface area contributed by atoms with Gasteiger partial charge >= 0.3 is 12.1 Å². The molecular weight excluding hydrogens is 554 g/mol. The zero-order valence-corrected chi connectivity index (χ0v) is 24.2. The fourth-order valence-corrected chi connectivity index (χ4v) is 4.91. The molecule has 2 aliphatic heterocycles. The highest BCUT2D eigenvalue weighted by Gasteiger charge is 2.35. The number of rotatable bonds is 7. The molecule has 0 saturated heterocycles. The Labute approximate surface area is 249 Å². The number of nitrogens with zero attached hydrogens (tertiary/aromatic N) is 2. The summed E-state index contributed by atoms with van der Waals surface area (Å²) in [6, 6.07) is 17.7. The maximum atomic E-state index is 13.7. The first-order chi connectivity index (χ1) is 20.7. The second kappa shape index (κ2) is 12.9. The molecule has 226 valence electrons. The summed E-state index contributed by atoms with van der Waals surface area (Å²) in [6.45, 7) is 4.05. The summed E-state index contributed by atoms with van der Waals surface area (Å²) >= 11 is 0. The van der Waals surface area contributed by atoms with Gasteiger partial charge in [0, 0.05) is 37.0 Å². The second-order valence-electron chi connectivity index (χ2n) is 10.6. The Morgan fingerprint density at radius 1 is 1.00 bits per heavy atom. The van der Waals surface area contributed by atoms with Gasteiger partial charge in [-0.25, -0.2) is 9.59 Å². The first-order valence-electron chi connectivity index (χ1n) is 14.0. The van der Waals surface area contributed by atoms with Gasteiger partial charge in [-0.05, 0) is 43.3 Å². The molecule has 3 aromatic rings. The Hall–Kier alpha value is -4.97. The molecule has 2 aliphatic rings. The monoisotopic (exact) mass is 589 g/mol. The average molecular weight is 590 g/mol. The number of carbonyl (C=O) groups is 3. The number of ether oxygens (including phenoxy) is 3. The number of likely N-dealkylation sites (N-methyl/N-ethyl adjacent to an activating group) is 1. The number of fused-ring (bicyclic) bond motifs is 2. The summed E-state index contributed by atoms with van der Waals surface area (Å²) in [5.41, 5.74) is 1.65. The second-order valence-corrected chi connectivity index (χ2v) is 10.6. The van der Waals surface area contributed by atoms with Crippen LogP contribution in [0.15, 0.2) is 66.7 Å². The van der Waals surface area contributed by atoms with Crippen molar-refractivity contribution in [3.8, 4) is 17.2 Å². The summed E-state index contributed by atoms with van der Waals surface area (Å²) in [7, 11) is 1.66. The molecule has 2 heterocycles. The minimum absolute atomic E-state index is 0.112. The van der Waals surface area contributed by atoms with Crippen molar-refractivity contribution in [2.24, 2.45) is 5.92 Å². The molecule has 3 atom stereocenters. The number of hydrogen-bond donors (Lipinski definition) is 4. The van der Waals surface area contributed by atoms with Crippen LogP contribution in [0.2, 0.25) is 0 Å². The molecule has 5 rings (SSSR count). The third-order valence-corrected chi connectivity index (χ3v) is 7.40. The molecule has 0 unspecified atom stereocenters. The van der Waals surface area contributed by atoms with Crippen molar-refractivity contribution in [1.29, 1.82) is 0 Å². The highest BCUT2D eigenvalue weighted by atomic mass is 16.7. The van der Waals surface area contributed by atoms with E-state index in [4.69, 9.17) is 14.2 Å². The molecule has 3 aromatic carbocycles. The summed E-state index contributed by atoms with van der Waals surface area (Å²) in [6.07, 6.45) is -0.563. The highest BCUT2D eigenvalue weighted by molar-refractivity contribution is 6.04. The van der Waals surface area contributed by atoms with Crippen molar-refractivity contribution < 1.29 is 33.7 Å². The minimum atomic E-state index is -0.563. The van der Waals surface area contributed by atoms with E-state index in [9.17, 15) is 19.5 Å². The Bertz CT molecular complexity index is 1480. The highest BCUT2D eigenvalue weighted by Crippen LogP contribution is 2.36. The van der Waals surface area contributed by atoms with Gasteiger partial charge in [0.05, 0.1) is 30.4 Å². The molecule has 0 radical (unpaired) electrons. The molecular formula is C31H35N5O7. The summed E-state index contributed by atoms with van der Waals surface area (Å²) in [4.78, 5) is 42.9. The van der Waals surface area contributed by atoms with Crippen LogP contribution in [0.25, 0.3) is 0 Å². The summed E-state index contributed by atoms with van der Waals surface area (Å²) < 4.78 is 17.2. The van der Waals surface area contributed by atoms with E-state index < -0.39 is 18.2 Å². The van der Waals surface area contributed by atoms with Crippen LogP contribution in [0, 0.1) is 5.92 Å². The third kappa shape index (κ3) is 6.75. The van der Waals surface area contributed by atoms with E-state index >= 15 is 0 Å². The van der Waals surface area contributed by atoms with Crippen molar-refractivity contribution in [2.75, 3.05) is 49.5 Å². The van der Waals surface area contributed by atoms with Gasteiger partial charge in [-0.2, -0.15) is 0 Å². The topological polar surface area (TPSA) is 142 Å². The number of carbonyl (C=O) groups excluding carboxylic acids is 3. The smallest absolute Gasteiger partial charge is 0.323 e. The van der Waals surface area contributed by atoms with Gasteiger partial charge in [0.2, 0.25) is 6.79 Å². The lowest BCUT2D eigenvalue weighted by Crippen LogP contribution is -2.50.